The fraction of sp³-hybridized carbons (Fsp3) is 0.412. The first kappa shape index (κ1) is 26.2. The Bertz CT molecular complexity index is 1270. The summed E-state index contributed by atoms with van der Waals surface area (Å²) < 4.78 is 18.2. The molecule has 38 heavy (non-hydrogen) atoms. The van der Waals surface area contributed by atoms with E-state index in [1.807, 2.05) is 19.9 Å². The maximum Gasteiger partial charge on any atom is 0.161 e. The van der Waals surface area contributed by atoms with Gasteiger partial charge in [0, 0.05) is 30.8 Å². The Kier molecular flexibility index (Phi) is 7.69. The summed E-state index contributed by atoms with van der Waals surface area (Å²) in [6.07, 6.45) is 5.68. The predicted molar refractivity (Wildman–Crippen MR) is 155 cm³/mol. The number of likely N-dealkylation sites (tertiary alicyclic amines) is 1. The summed E-state index contributed by atoms with van der Waals surface area (Å²) in [6.45, 7) is 12.7. The molecule has 1 saturated heterocycles. The van der Waals surface area contributed by atoms with Crippen LogP contribution in [0.4, 0.5) is 0 Å². The first-order valence-corrected chi connectivity index (χ1v) is 13.9. The lowest BCUT2D eigenvalue weighted by atomic mass is 9.71. The van der Waals surface area contributed by atoms with Crippen LogP contribution < -0.4 is 14.2 Å². The van der Waals surface area contributed by atoms with Crippen LogP contribution in [0.3, 0.4) is 0 Å². The van der Waals surface area contributed by atoms with Crippen molar-refractivity contribution in [3.8, 4) is 17.2 Å². The zero-order valence-electron chi connectivity index (χ0n) is 23.3. The van der Waals surface area contributed by atoms with Crippen LogP contribution >= 0.6 is 0 Å². The van der Waals surface area contributed by atoms with Crippen molar-refractivity contribution in [1.29, 1.82) is 0 Å². The lowest BCUT2D eigenvalue weighted by Crippen LogP contribution is -2.42. The molecule has 4 heteroatoms. The van der Waals surface area contributed by atoms with Crippen molar-refractivity contribution >= 4 is 5.70 Å². The number of aryl methyl sites for hydroxylation is 1. The maximum atomic E-state index is 6.70. The number of hydrogen-bond donors (Lipinski definition) is 0. The second-order valence-corrected chi connectivity index (χ2v) is 11.3. The van der Waals surface area contributed by atoms with Gasteiger partial charge in [-0.25, -0.2) is 0 Å². The number of ether oxygens (including phenoxy) is 3. The molecule has 1 unspecified atom stereocenters. The zero-order valence-corrected chi connectivity index (χ0v) is 23.3. The number of rotatable bonds is 7. The molecule has 0 radical (unpaired) electrons. The average Bonchev–Trinajstić information content (AvgIpc) is 3.06. The molecule has 1 heterocycles. The van der Waals surface area contributed by atoms with E-state index in [0.29, 0.717) is 0 Å². The average molecular weight is 512 g/mol. The first-order chi connectivity index (χ1) is 18.4. The van der Waals surface area contributed by atoms with E-state index in [-0.39, 0.29) is 17.6 Å². The number of benzene rings is 3. The van der Waals surface area contributed by atoms with E-state index >= 15 is 0 Å². The van der Waals surface area contributed by atoms with Crippen LogP contribution in [0.5, 0.6) is 17.2 Å². The van der Waals surface area contributed by atoms with E-state index in [1.165, 1.54) is 16.7 Å². The van der Waals surface area contributed by atoms with Crippen molar-refractivity contribution < 1.29 is 14.2 Å². The number of methoxy groups -OCH3 is 1. The van der Waals surface area contributed by atoms with Gasteiger partial charge in [-0.05, 0) is 92.8 Å². The smallest absolute Gasteiger partial charge is 0.161 e. The summed E-state index contributed by atoms with van der Waals surface area (Å²) in [5.74, 6) is 2.53. The minimum Gasteiger partial charge on any atom is -0.493 e. The molecule has 0 N–H and O–H groups in total. The SMILES string of the molecule is C=C(c1ccc(OC(C)C)c(OC)c1)N1CCC2(CC1)Cc1ccccc1CC(Oc1ccccc1C)C2. The molecule has 0 bridgehead atoms. The summed E-state index contributed by atoms with van der Waals surface area (Å²) in [4.78, 5) is 2.44. The van der Waals surface area contributed by atoms with E-state index in [2.05, 4.69) is 79.1 Å². The van der Waals surface area contributed by atoms with Crippen molar-refractivity contribution in [2.24, 2.45) is 5.41 Å². The van der Waals surface area contributed by atoms with Crippen LogP contribution in [-0.2, 0) is 12.8 Å². The van der Waals surface area contributed by atoms with Crippen LogP contribution in [0.15, 0.2) is 73.3 Å². The molecule has 1 atom stereocenters. The lowest BCUT2D eigenvalue weighted by molar-refractivity contribution is 0.0726. The highest BCUT2D eigenvalue weighted by Crippen LogP contribution is 2.45. The molecular weight excluding hydrogens is 470 g/mol. The summed E-state index contributed by atoms with van der Waals surface area (Å²) in [5.41, 5.74) is 6.48. The second-order valence-electron chi connectivity index (χ2n) is 11.3. The molecule has 1 aliphatic heterocycles. The van der Waals surface area contributed by atoms with Crippen molar-refractivity contribution in [2.75, 3.05) is 20.2 Å². The van der Waals surface area contributed by atoms with Gasteiger partial charge in [-0.3, -0.25) is 0 Å². The van der Waals surface area contributed by atoms with Crippen LogP contribution in [0.25, 0.3) is 5.70 Å². The van der Waals surface area contributed by atoms with E-state index < -0.39 is 0 Å². The summed E-state index contributed by atoms with van der Waals surface area (Å²) >= 11 is 0. The Balaban J connectivity index is 1.33. The molecular formula is C34H41NO3. The number of piperidine rings is 1. The Morgan fingerprint density at radius 3 is 2.34 bits per heavy atom. The molecule has 5 rings (SSSR count). The van der Waals surface area contributed by atoms with Gasteiger partial charge in [0.25, 0.3) is 0 Å². The van der Waals surface area contributed by atoms with E-state index in [9.17, 15) is 0 Å². The molecule has 4 nitrogen and oxygen atoms in total. The van der Waals surface area contributed by atoms with Gasteiger partial charge in [0.05, 0.1) is 13.2 Å². The molecule has 3 aromatic rings. The number of para-hydroxylation sites is 1. The van der Waals surface area contributed by atoms with Crippen molar-refractivity contribution in [3.05, 3.63) is 95.6 Å². The molecule has 0 amide bonds. The largest absolute Gasteiger partial charge is 0.493 e. The van der Waals surface area contributed by atoms with E-state index in [4.69, 9.17) is 14.2 Å². The number of fused-ring (bicyclic) bond motifs is 1. The van der Waals surface area contributed by atoms with Crippen molar-refractivity contribution in [3.63, 3.8) is 0 Å². The molecule has 3 aromatic carbocycles. The third kappa shape index (κ3) is 5.70. The van der Waals surface area contributed by atoms with Crippen LogP contribution in [0.2, 0.25) is 0 Å². The van der Waals surface area contributed by atoms with Crippen molar-refractivity contribution in [2.45, 2.75) is 65.1 Å². The molecule has 1 fully saturated rings. The minimum absolute atomic E-state index is 0.0968. The van der Waals surface area contributed by atoms with Gasteiger partial charge in [-0.2, -0.15) is 0 Å². The van der Waals surface area contributed by atoms with Gasteiger partial charge in [0.2, 0.25) is 0 Å². The molecule has 2 aliphatic rings. The summed E-state index contributed by atoms with van der Waals surface area (Å²) in [6, 6.07) is 23.5. The molecule has 0 saturated carbocycles. The van der Waals surface area contributed by atoms with Crippen LogP contribution in [-0.4, -0.2) is 37.3 Å². The highest BCUT2D eigenvalue weighted by Gasteiger charge is 2.40. The molecule has 0 aromatic heterocycles. The standard InChI is InChI=1S/C34H41NO3/c1-24(2)37-32-15-14-27(21-33(32)36-5)26(4)35-18-16-34(17-19-35)22-29-12-8-7-11-28(29)20-30(23-34)38-31-13-9-6-10-25(31)3/h6-15,21,24,30H,4,16-20,22-23H2,1-3,5H3. The first-order valence-electron chi connectivity index (χ1n) is 13.9. The highest BCUT2D eigenvalue weighted by molar-refractivity contribution is 5.65. The van der Waals surface area contributed by atoms with Gasteiger partial charge >= 0.3 is 0 Å². The third-order valence-electron chi connectivity index (χ3n) is 8.24. The number of nitrogens with zero attached hydrogens (tertiary/aromatic N) is 1. The summed E-state index contributed by atoms with van der Waals surface area (Å²) in [7, 11) is 1.69. The Hall–Kier alpha value is -3.40. The van der Waals surface area contributed by atoms with E-state index in [1.54, 1.807) is 7.11 Å². The predicted octanol–water partition coefficient (Wildman–Crippen LogP) is 7.48. The molecule has 200 valence electrons. The van der Waals surface area contributed by atoms with Gasteiger partial charge < -0.3 is 19.1 Å². The van der Waals surface area contributed by atoms with E-state index in [0.717, 1.165) is 73.7 Å². The van der Waals surface area contributed by atoms with Crippen LogP contribution in [0, 0.1) is 12.3 Å². The topological polar surface area (TPSA) is 30.9 Å². The molecule has 1 spiro atoms. The monoisotopic (exact) mass is 511 g/mol. The Labute approximate surface area is 228 Å². The van der Waals surface area contributed by atoms with Gasteiger partial charge in [0.15, 0.2) is 11.5 Å². The lowest BCUT2D eigenvalue weighted by Gasteiger charge is -2.44. The van der Waals surface area contributed by atoms with Crippen molar-refractivity contribution in [1.82, 2.24) is 4.90 Å². The van der Waals surface area contributed by atoms with Gasteiger partial charge in [-0.1, -0.05) is 49.0 Å². The third-order valence-corrected chi connectivity index (χ3v) is 8.24. The fourth-order valence-corrected chi connectivity index (χ4v) is 6.17. The maximum absolute atomic E-state index is 6.70. The van der Waals surface area contributed by atoms with Gasteiger partial charge in [0.1, 0.15) is 11.9 Å². The Morgan fingerprint density at radius 1 is 0.921 bits per heavy atom. The summed E-state index contributed by atoms with van der Waals surface area (Å²) in [5, 5.41) is 0. The second kappa shape index (κ2) is 11.1. The van der Waals surface area contributed by atoms with Crippen LogP contribution in [0.1, 0.15) is 55.4 Å². The Morgan fingerprint density at radius 2 is 1.63 bits per heavy atom. The van der Waals surface area contributed by atoms with Gasteiger partial charge in [-0.15, -0.1) is 0 Å². The fourth-order valence-electron chi connectivity index (χ4n) is 6.17. The highest BCUT2D eigenvalue weighted by atomic mass is 16.5. The molecule has 1 aliphatic carbocycles. The zero-order chi connectivity index (χ0) is 26.7. The minimum atomic E-state index is 0.0968. The quantitative estimate of drug-likeness (QED) is 0.329. The normalized spacial score (nSPS) is 18.6. The number of hydrogen-bond acceptors (Lipinski definition) is 4.